The molecule has 0 radical (unpaired) electrons. The van der Waals surface area contributed by atoms with E-state index >= 15 is 0 Å². The molecule has 3 N–H and O–H groups in total. The molecule has 0 heterocycles. The largest absolute Gasteiger partial charge is 0.497 e. The fourth-order valence-corrected chi connectivity index (χ4v) is 2.66. The van der Waals surface area contributed by atoms with Gasteiger partial charge in [0.1, 0.15) is 11.5 Å². The normalized spacial score (nSPS) is 12.7. The molecule has 0 fully saturated rings. The number of hydrogen-bond acceptors (Lipinski definition) is 4. The van der Waals surface area contributed by atoms with Crippen molar-refractivity contribution in [2.24, 2.45) is 0 Å². The van der Waals surface area contributed by atoms with Crippen molar-refractivity contribution in [3.63, 3.8) is 0 Å². The van der Waals surface area contributed by atoms with Gasteiger partial charge in [-0.3, -0.25) is 0 Å². The molecular formula is C22H30N2O4. The number of rotatable bonds is 10. The Kier molecular flexibility index (Phi) is 8.14. The van der Waals surface area contributed by atoms with E-state index in [2.05, 4.69) is 17.6 Å². The molecule has 0 saturated heterocycles. The molecule has 0 aliphatic carbocycles. The van der Waals surface area contributed by atoms with Crippen LogP contribution in [0.2, 0.25) is 0 Å². The summed E-state index contributed by atoms with van der Waals surface area (Å²) in [5.41, 5.74) is 0.560. The molecule has 2 rings (SSSR count). The van der Waals surface area contributed by atoms with E-state index in [0.717, 1.165) is 29.9 Å². The fraction of sp³-hybridized carbons (Fsp3) is 0.409. The molecule has 0 spiro atoms. The summed E-state index contributed by atoms with van der Waals surface area (Å²) in [6.45, 7) is 4.62. The predicted octanol–water partition coefficient (Wildman–Crippen LogP) is 3.99. The lowest BCUT2D eigenvalue weighted by atomic mass is 9.96. The lowest BCUT2D eigenvalue weighted by Gasteiger charge is -2.24. The van der Waals surface area contributed by atoms with Gasteiger partial charge in [-0.05, 0) is 55.3 Å². The lowest BCUT2D eigenvalue weighted by molar-refractivity contribution is 0.0629. The van der Waals surface area contributed by atoms with Crippen LogP contribution in [0.5, 0.6) is 11.5 Å². The van der Waals surface area contributed by atoms with E-state index in [1.165, 1.54) is 0 Å². The minimum atomic E-state index is -1.07. The van der Waals surface area contributed by atoms with E-state index in [-0.39, 0.29) is 12.6 Å². The highest BCUT2D eigenvalue weighted by Gasteiger charge is 2.22. The molecule has 2 aromatic rings. The topological polar surface area (TPSA) is 79.8 Å². The van der Waals surface area contributed by atoms with Gasteiger partial charge >= 0.3 is 6.03 Å². The van der Waals surface area contributed by atoms with Crippen molar-refractivity contribution in [3.05, 3.63) is 54.1 Å². The first-order valence-corrected chi connectivity index (χ1v) is 9.55. The third kappa shape index (κ3) is 7.48. The van der Waals surface area contributed by atoms with Crippen LogP contribution in [-0.2, 0) is 6.42 Å². The Morgan fingerprint density at radius 2 is 1.71 bits per heavy atom. The maximum absolute atomic E-state index is 12.1. The highest BCUT2D eigenvalue weighted by molar-refractivity contribution is 5.89. The van der Waals surface area contributed by atoms with Crippen molar-refractivity contribution < 1.29 is 19.4 Å². The van der Waals surface area contributed by atoms with E-state index in [9.17, 15) is 9.90 Å². The number of hydrogen-bond donors (Lipinski definition) is 3. The molecule has 1 unspecified atom stereocenters. The Morgan fingerprint density at radius 1 is 1.07 bits per heavy atom. The van der Waals surface area contributed by atoms with Crippen molar-refractivity contribution in [1.82, 2.24) is 5.32 Å². The van der Waals surface area contributed by atoms with Gasteiger partial charge in [-0.1, -0.05) is 25.5 Å². The van der Waals surface area contributed by atoms with Crippen LogP contribution in [0.25, 0.3) is 0 Å². The summed E-state index contributed by atoms with van der Waals surface area (Å²) < 4.78 is 10.7. The van der Waals surface area contributed by atoms with Crippen LogP contribution in [0.1, 0.15) is 32.3 Å². The number of carbonyl (C=O) groups excluding carboxylic acids is 1. The summed E-state index contributed by atoms with van der Waals surface area (Å²) in [5.74, 6) is 1.55. The van der Waals surface area contributed by atoms with E-state index in [4.69, 9.17) is 9.47 Å². The number of anilines is 1. The first-order chi connectivity index (χ1) is 13.4. The number of methoxy groups -OCH3 is 1. The second kappa shape index (κ2) is 10.6. The molecule has 0 saturated carbocycles. The average Bonchev–Trinajstić information content (AvgIpc) is 2.68. The highest BCUT2D eigenvalue weighted by atomic mass is 16.5. The molecule has 0 aliphatic rings. The molecule has 1 atom stereocenters. The van der Waals surface area contributed by atoms with Crippen molar-refractivity contribution in [1.29, 1.82) is 0 Å². The summed E-state index contributed by atoms with van der Waals surface area (Å²) in [7, 11) is 1.61. The number of unbranched alkanes of at least 4 members (excludes halogenated alkanes) is 1. The third-order valence-corrected chi connectivity index (χ3v) is 4.25. The van der Waals surface area contributed by atoms with Gasteiger partial charge in [-0.2, -0.15) is 0 Å². The summed E-state index contributed by atoms with van der Waals surface area (Å²) >= 11 is 0. The van der Waals surface area contributed by atoms with Gasteiger partial charge in [0.2, 0.25) is 0 Å². The van der Waals surface area contributed by atoms with Crippen molar-refractivity contribution >= 4 is 11.7 Å². The molecule has 28 heavy (non-hydrogen) atoms. The number of aliphatic hydroxyl groups is 1. The molecule has 152 valence electrons. The summed E-state index contributed by atoms with van der Waals surface area (Å²) in [6, 6.07) is 14.4. The fourth-order valence-electron chi connectivity index (χ4n) is 2.66. The van der Waals surface area contributed by atoms with E-state index in [0.29, 0.717) is 18.7 Å². The van der Waals surface area contributed by atoms with Gasteiger partial charge in [-0.25, -0.2) is 4.79 Å². The number of benzene rings is 2. The Balaban J connectivity index is 1.78. The summed E-state index contributed by atoms with van der Waals surface area (Å²) in [4.78, 5) is 12.1. The quantitative estimate of drug-likeness (QED) is 0.540. The van der Waals surface area contributed by atoms with Crippen LogP contribution in [0.3, 0.4) is 0 Å². The van der Waals surface area contributed by atoms with Gasteiger partial charge in [0.15, 0.2) is 0 Å². The first-order valence-electron chi connectivity index (χ1n) is 9.55. The minimum absolute atomic E-state index is 0.128. The Hall–Kier alpha value is -2.73. The SMILES string of the molecule is CCCCOc1ccc(NC(=O)NCC(C)(O)Cc2ccc(OC)cc2)cc1. The Labute approximate surface area is 166 Å². The van der Waals surface area contributed by atoms with Crippen LogP contribution in [0.15, 0.2) is 48.5 Å². The van der Waals surface area contributed by atoms with Crippen LogP contribution in [-0.4, -0.2) is 37.0 Å². The number of nitrogens with one attached hydrogen (secondary N) is 2. The number of carbonyl (C=O) groups is 1. The zero-order valence-electron chi connectivity index (χ0n) is 16.8. The van der Waals surface area contributed by atoms with Gasteiger partial charge in [0, 0.05) is 18.7 Å². The van der Waals surface area contributed by atoms with Gasteiger partial charge in [0.05, 0.1) is 19.3 Å². The van der Waals surface area contributed by atoms with Gasteiger partial charge in [-0.15, -0.1) is 0 Å². The monoisotopic (exact) mass is 386 g/mol. The highest BCUT2D eigenvalue weighted by Crippen LogP contribution is 2.18. The molecule has 0 bridgehead atoms. The minimum Gasteiger partial charge on any atom is -0.497 e. The Morgan fingerprint density at radius 3 is 2.32 bits per heavy atom. The van der Waals surface area contributed by atoms with Crippen LogP contribution < -0.4 is 20.1 Å². The summed E-state index contributed by atoms with van der Waals surface area (Å²) in [5, 5.41) is 16.0. The maximum atomic E-state index is 12.1. The molecule has 6 nitrogen and oxygen atoms in total. The molecule has 2 aromatic carbocycles. The smallest absolute Gasteiger partial charge is 0.319 e. The standard InChI is InChI=1S/C22H30N2O4/c1-4-5-14-28-20-12-8-18(9-13-20)24-21(25)23-16-22(2,26)15-17-6-10-19(27-3)11-7-17/h6-13,26H,4-5,14-16H2,1-3H3,(H2,23,24,25). The third-order valence-electron chi connectivity index (χ3n) is 4.25. The zero-order chi connectivity index (χ0) is 20.4. The lowest BCUT2D eigenvalue weighted by Crippen LogP contribution is -2.43. The van der Waals surface area contributed by atoms with Crippen molar-refractivity contribution in [3.8, 4) is 11.5 Å². The second-order valence-corrected chi connectivity index (χ2v) is 7.06. The predicted molar refractivity (Wildman–Crippen MR) is 111 cm³/mol. The molecular weight excluding hydrogens is 356 g/mol. The van der Waals surface area contributed by atoms with E-state index in [1.807, 2.05) is 36.4 Å². The number of urea groups is 1. The van der Waals surface area contributed by atoms with Crippen LogP contribution in [0, 0.1) is 0 Å². The maximum Gasteiger partial charge on any atom is 0.319 e. The van der Waals surface area contributed by atoms with E-state index < -0.39 is 5.60 Å². The zero-order valence-corrected chi connectivity index (χ0v) is 16.8. The summed E-state index contributed by atoms with van der Waals surface area (Å²) in [6.07, 6.45) is 2.52. The molecule has 0 aromatic heterocycles. The Bertz CT molecular complexity index is 727. The van der Waals surface area contributed by atoms with E-state index in [1.54, 1.807) is 26.2 Å². The number of ether oxygens (including phenoxy) is 2. The second-order valence-electron chi connectivity index (χ2n) is 7.06. The van der Waals surface area contributed by atoms with Gasteiger partial charge < -0.3 is 25.2 Å². The number of amides is 2. The molecule has 2 amide bonds. The van der Waals surface area contributed by atoms with Gasteiger partial charge in [0.25, 0.3) is 0 Å². The van der Waals surface area contributed by atoms with Crippen LogP contribution in [0.4, 0.5) is 10.5 Å². The molecule has 0 aliphatic heterocycles. The average molecular weight is 386 g/mol. The molecule has 6 heteroatoms. The van der Waals surface area contributed by atoms with Crippen molar-refractivity contribution in [2.45, 2.75) is 38.7 Å². The van der Waals surface area contributed by atoms with Crippen molar-refractivity contribution in [2.75, 3.05) is 25.6 Å². The van der Waals surface area contributed by atoms with Crippen LogP contribution >= 0.6 is 0 Å². The first kappa shape index (κ1) is 21.6.